The van der Waals surface area contributed by atoms with Gasteiger partial charge < -0.3 is 15.6 Å². The molecule has 0 aliphatic rings. The van der Waals surface area contributed by atoms with Crippen LogP contribution < -0.4 is 5.73 Å². The van der Waals surface area contributed by atoms with E-state index < -0.39 is 18.1 Å². The van der Waals surface area contributed by atoms with Gasteiger partial charge in [-0.05, 0) is 6.92 Å². The second kappa shape index (κ2) is 3.42. The minimum absolute atomic E-state index is 0.428. The number of nitrogens with two attached hydrogens (primary N) is 1. The molecule has 9 heavy (non-hydrogen) atoms. The van der Waals surface area contributed by atoms with Crippen molar-refractivity contribution in [1.82, 2.24) is 0 Å². The van der Waals surface area contributed by atoms with E-state index in [1.54, 1.807) is 6.92 Å². The smallest absolute Gasteiger partial charge is 0.323 e. The molecule has 0 heterocycles. The summed E-state index contributed by atoms with van der Waals surface area (Å²) in [6.45, 7) is 1.61. The zero-order chi connectivity index (χ0) is 7.44. The topological polar surface area (TPSA) is 72.5 Å². The lowest BCUT2D eigenvalue weighted by Gasteiger charge is -2.12. The fraction of sp³-hybridized carbons (Fsp3) is 0.800. The maximum absolute atomic E-state index is 10.1. The van der Waals surface area contributed by atoms with E-state index in [-0.39, 0.29) is 0 Å². The van der Waals surface area contributed by atoms with Crippen molar-refractivity contribution in [3.63, 3.8) is 0 Å². The third kappa shape index (κ3) is 2.43. The van der Waals surface area contributed by atoms with Gasteiger partial charge in [-0.1, -0.05) is 0 Å². The highest BCUT2D eigenvalue weighted by Crippen LogP contribution is 1.92. The van der Waals surface area contributed by atoms with Gasteiger partial charge in [0, 0.05) is 7.11 Å². The van der Waals surface area contributed by atoms with E-state index in [1.807, 2.05) is 0 Å². The number of carboxylic acid groups (broad SMARTS) is 1. The van der Waals surface area contributed by atoms with Crippen LogP contribution in [-0.4, -0.2) is 30.3 Å². The number of methoxy groups -OCH3 is 1. The highest BCUT2D eigenvalue weighted by Gasteiger charge is 2.18. The molecule has 2 atom stereocenters. The van der Waals surface area contributed by atoms with E-state index in [0.717, 1.165) is 0 Å². The Hall–Kier alpha value is -0.610. The van der Waals surface area contributed by atoms with Crippen LogP contribution in [0.1, 0.15) is 6.92 Å². The van der Waals surface area contributed by atoms with Gasteiger partial charge in [-0.15, -0.1) is 0 Å². The summed E-state index contributed by atoms with van der Waals surface area (Å²) < 4.78 is 4.67. The molecule has 0 aromatic carbocycles. The summed E-state index contributed by atoms with van der Waals surface area (Å²) in [6, 6.07) is -0.921. The Bertz CT molecular complexity index is 104. The van der Waals surface area contributed by atoms with Crippen LogP contribution in [0.5, 0.6) is 0 Å². The predicted molar refractivity (Wildman–Crippen MR) is 32.1 cm³/mol. The van der Waals surface area contributed by atoms with Crippen molar-refractivity contribution in [3.8, 4) is 0 Å². The van der Waals surface area contributed by atoms with Gasteiger partial charge in [0.2, 0.25) is 0 Å². The molecule has 0 aliphatic carbocycles. The van der Waals surface area contributed by atoms with Crippen LogP contribution in [-0.2, 0) is 9.53 Å². The van der Waals surface area contributed by atoms with Crippen LogP contribution in [0.25, 0.3) is 0 Å². The first-order valence-corrected chi connectivity index (χ1v) is 2.60. The average molecular weight is 133 g/mol. The maximum atomic E-state index is 10.1. The molecule has 0 bridgehead atoms. The molecular formula is C5H11NO3. The van der Waals surface area contributed by atoms with Crippen LogP contribution in [0.2, 0.25) is 0 Å². The van der Waals surface area contributed by atoms with Crippen LogP contribution in [0.3, 0.4) is 0 Å². The predicted octanol–water partition coefficient (Wildman–Crippen LogP) is -0.567. The van der Waals surface area contributed by atoms with E-state index in [1.165, 1.54) is 7.11 Å². The van der Waals surface area contributed by atoms with Crippen molar-refractivity contribution in [3.05, 3.63) is 0 Å². The van der Waals surface area contributed by atoms with E-state index in [9.17, 15) is 4.79 Å². The van der Waals surface area contributed by atoms with Crippen LogP contribution >= 0.6 is 0 Å². The molecule has 0 amide bonds. The summed E-state index contributed by atoms with van der Waals surface area (Å²) in [6.07, 6.45) is -0.428. The third-order valence-electron chi connectivity index (χ3n) is 1.16. The molecule has 4 heteroatoms. The maximum Gasteiger partial charge on any atom is 0.323 e. The molecule has 4 nitrogen and oxygen atoms in total. The summed E-state index contributed by atoms with van der Waals surface area (Å²) >= 11 is 0. The molecule has 54 valence electrons. The number of ether oxygens (including phenoxy) is 1. The van der Waals surface area contributed by atoms with Crippen molar-refractivity contribution < 1.29 is 14.6 Å². The summed E-state index contributed by atoms with van der Waals surface area (Å²) in [7, 11) is 1.42. The molecule has 0 aromatic rings. The second-order valence-corrected chi connectivity index (χ2v) is 1.80. The molecule has 0 aliphatic heterocycles. The Balaban J connectivity index is 3.72. The Morgan fingerprint density at radius 1 is 1.78 bits per heavy atom. The fourth-order valence-electron chi connectivity index (χ4n) is 0.347. The lowest BCUT2D eigenvalue weighted by molar-refractivity contribution is -0.141. The normalized spacial score (nSPS) is 16.8. The first kappa shape index (κ1) is 8.39. The van der Waals surface area contributed by atoms with Crippen LogP contribution in [0, 0.1) is 0 Å². The van der Waals surface area contributed by atoms with Crippen LogP contribution in [0.15, 0.2) is 0 Å². The third-order valence-corrected chi connectivity index (χ3v) is 1.16. The molecule has 0 rings (SSSR count). The molecule has 0 aromatic heterocycles. The average Bonchev–Trinajstić information content (AvgIpc) is 1.84. The van der Waals surface area contributed by atoms with Gasteiger partial charge in [-0.2, -0.15) is 0 Å². The lowest BCUT2D eigenvalue weighted by atomic mass is 10.2. The monoisotopic (exact) mass is 133 g/mol. The van der Waals surface area contributed by atoms with E-state index in [2.05, 4.69) is 4.74 Å². The molecular weight excluding hydrogens is 122 g/mol. The first-order chi connectivity index (χ1) is 4.09. The number of carbonyl (C=O) groups is 1. The van der Waals surface area contributed by atoms with Crippen molar-refractivity contribution in [2.24, 2.45) is 5.73 Å². The zero-order valence-corrected chi connectivity index (χ0v) is 5.50. The van der Waals surface area contributed by atoms with Gasteiger partial charge in [0.15, 0.2) is 0 Å². The lowest BCUT2D eigenvalue weighted by Crippen LogP contribution is -2.40. The van der Waals surface area contributed by atoms with E-state index in [4.69, 9.17) is 10.8 Å². The van der Waals surface area contributed by atoms with E-state index >= 15 is 0 Å². The second-order valence-electron chi connectivity index (χ2n) is 1.80. The molecule has 0 fully saturated rings. The molecule has 0 saturated heterocycles. The van der Waals surface area contributed by atoms with Gasteiger partial charge in [0.05, 0.1) is 6.10 Å². The first-order valence-electron chi connectivity index (χ1n) is 2.60. The number of aliphatic carboxylic acids is 1. The van der Waals surface area contributed by atoms with Gasteiger partial charge in [-0.3, -0.25) is 4.79 Å². The Labute approximate surface area is 53.6 Å². The molecule has 0 radical (unpaired) electrons. The van der Waals surface area contributed by atoms with Crippen LogP contribution in [0.4, 0.5) is 0 Å². The van der Waals surface area contributed by atoms with E-state index in [0.29, 0.717) is 0 Å². The quantitative estimate of drug-likeness (QED) is 0.541. The number of carboxylic acids is 1. The Morgan fingerprint density at radius 2 is 2.22 bits per heavy atom. The van der Waals surface area contributed by atoms with Gasteiger partial charge in [0.25, 0.3) is 0 Å². The number of hydrogen-bond acceptors (Lipinski definition) is 3. The van der Waals surface area contributed by atoms with Gasteiger partial charge in [-0.25, -0.2) is 0 Å². The molecule has 0 saturated carbocycles. The Morgan fingerprint density at radius 3 is 2.33 bits per heavy atom. The number of rotatable bonds is 3. The fourth-order valence-corrected chi connectivity index (χ4v) is 0.347. The van der Waals surface area contributed by atoms with Gasteiger partial charge >= 0.3 is 5.97 Å². The summed E-state index contributed by atoms with van der Waals surface area (Å²) in [5.74, 6) is -1.04. The number of hydrogen-bond donors (Lipinski definition) is 2. The minimum atomic E-state index is -1.04. The molecule has 3 N–H and O–H groups in total. The van der Waals surface area contributed by atoms with Crippen molar-refractivity contribution in [2.45, 2.75) is 19.1 Å². The Kier molecular flexibility index (Phi) is 3.19. The standard InChI is InChI=1S/C5H11NO3/c1-3(9-2)4(6)5(7)8/h3-4H,6H2,1-2H3,(H,7,8)/t3-,4-/m0/s1. The molecule has 0 spiro atoms. The zero-order valence-electron chi connectivity index (χ0n) is 5.50. The van der Waals surface area contributed by atoms with Crippen molar-refractivity contribution >= 4 is 5.97 Å². The molecule has 0 unspecified atom stereocenters. The highest BCUT2D eigenvalue weighted by molar-refractivity contribution is 5.73. The van der Waals surface area contributed by atoms with Crippen molar-refractivity contribution in [1.29, 1.82) is 0 Å². The van der Waals surface area contributed by atoms with Gasteiger partial charge in [0.1, 0.15) is 6.04 Å². The minimum Gasteiger partial charge on any atom is -0.480 e. The summed E-state index contributed by atoms with van der Waals surface area (Å²) in [5.41, 5.74) is 5.15. The highest BCUT2D eigenvalue weighted by atomic mass is 16.5. The largest absolute Gasteiger partial charge is 0.480 e. The SMILES string of the molecule is CO[C@@H](C)[C@H](N)C(=O)O. The summed E-state index contributed by atoms with van der Waals surface area (Å²) in [4.78, 5) is 10.1. The van der Waals surface area contributed by atoms with Crippen molar-refractivity contribution in [2.75, 3.05) is 7.11 Å². The summed E-state index contributed by atoms with van der Waals surface area (Å²) in [5, 5.41) is 8.28.